The van der Waals surface area contributed by atoms with Crippen molar-refractivity contribution in [3.8, 4) is 11.5 Å². The maximum absolute atomic E-state index is 12.3. The molecule has 0 radical (unpaired) electrons. The van der Waals surface area contributed by atoms with Gasteiger partial charge in [0.25, 0.3) is 0 Å². The van der Waals surface area contributed by atoms with Crippen molar-refractivity contribution >= 4 is 48.8 Å². The summed E-state index contributed by atoms with van der Waals surface area (Å²) in [5.74, 6) is 0.150. The molecule has 0 spiro atoms. The molecule has 0 atom stereocenters. The van der Waals surface area contributed by atoms with Gasteiger partial charge in [-0.2, -0.15) is 0 Å². The molecule has 0 saturated heterocycles. The summed E-state index contributed by atoms with van der Waals surface area (Å²) in [5.41, 5.74) is -0.573. The van der Waals surface area contributed by atoms with Crippen molar-refractivity contribution in [3.63, 3.8) is 0 Å². The highest BCUT2D eigenvalue weighted by Crippen LogP contribution is 2.28. The highest BCUT2D eigenvalue weighted by molar-refractivity contribution is 9.11. The van der Waals surface area contributed by atoms with Crippen LogP contribution in [0, 0.1) is 0 Å². The molecule has 0 aliphatic rings. The van der Waals surface area contributed by atoms with E-state index in [0.29, 0.717) is 26.9 Å². The van der Waals surface area contributed by atoms with E-state index in [1.165, 1.54) is 13.2 Å². The predicted molar refractivity (Wildman–Crippen MR) is 95.8 cm³/mol. The van der Waals surface area contributed by atoms with Crippen LogP contribution in [0.25, 0.3) is 11.0 Å². The molecule has 0 saturated carbocycles. The van der Waals surface area contributed by atoms with Gasteiger partial charge in [-0.1, -0.05) is 15.9 Å². The third kappa shape index (κ3) is 3.37. The van der Waals surface area contributed by atoms with Crippen LogP contribution in [0.4, 0.5) is 0 Å². The third-order valence-corrected chi connectivity index (χ3v) is 4.29. The zero-order chi connectivity index (χ0) is 17.3. The molecule has 122 valence electrons. The fraction of sp³-hybridized carbons (Fsp3) is 0.0588. The summed E-state index contributed by atoms with van der Waals surface area (Å²) in [6.07, 6.45) is 0. The molecular weight excluding hydrogens is 444 g/mol. The summed E-state index contributed by atoms with van der Waals surface area (Å²) in [7, 11) is 1.54. The van der Waals surface area contributed by atoms with Crippen molar-refractivity contribution < 1.29 is 18.7 Å². The first-order valence-corrected chi connectivity index (χ1v) is 8.35. The lowest BCUT2D eigenvalue weighted by Gasteiger charge is -2.06. The number of methoxy groups -OCH3 is 1. The number of rotatable bonds is 3. The van der Waals surface area contributed by atoms with E-state index >= 15 is 0 Å². The third-order valence-electron chi connectivity index (χ3n) is 3.24. The minimum absolute atomic E-state index is 0.177. The van der Waals surface area contributed by atoms with Crippen LogP contribution in [-0.4, -0.2) is 13.1 Å². The SMILES string of the molecule is COc1ccc(OC(=O)c2cc3cc(Br)cc(Br)c3oc2=O)cc1. The van der Waals surface area contributed by atoms with Crippen LogP contribution < -0.4 is 15.1 Å². The first-order valence-electron chi connectivity index (χ1n) is 6.77. The van der Waals surface area contributed by atoms with Crippen LogP contribution in [0.3, 0.4) is 0 Å². The van der Waals surface area contributed by atoms with Crippen molar-refractivity contribution in [1.82, 2.24) is 0 Å². The maximum Gasteiger partial charge on any atom is 0.351 e. The van der Waals surface area contributed by atoms with E-state index in [2.05, 4.69) is 31.9 Å². The van der Waals surface area contributed by atoms with Crippen LogP contribution in [0.15, 0.2) is 60.6 Å². The van der Waals surface area contributed by atoms with Crippen molar-refractivity contribution in [2.24, 2.45) is 0 Å². The Kier molecular flexibility index (Phi) is 4.73. The Labute approximate surface area is 153 Å². The molecule has 24 heavy (non-hydrogen) atoms. The van der Waals surface area contributed by atoms with E-state index in [1.54, 1.807) is 36.4 Å². The molecule has 0 N–H and O–H groups in total. The molecule has 0 amide bonds. The Balaban J connectivity index is 1.97. The van der Waals surface area contributed by atoms with Crippen LogP contribution in [-0.2, 0) is 0 Å². The van der Waals surface area contributed by atoms with Gasteiger partial charge in [-0.25, -0.2) is 9.59 Å². The topological polar surface area (TPSA) is 65.7 Å². The molecule has 7 heteroatoms. The molecule has 3 aromatic rings. The van der Waals surface area contributed by atoms with Gasteiger partial charge >= 0.3 is 11.6 Å². The van der Waals surface area contributed by atoms with Crippen molar-refractivity contribution in [3.05, 3.63) is 67.4 Å². The van der Waals surface area contributed by atoms with Crippen LogP contribution >= 0.6 is 31.9 Å². The molecule has 1 aromatic heterocycles. The first-order chi connectivity index (χ1) is 11.5. The molecule has 0 bridgehead atoms. The van der Waals surface area contributed by atoms with Crippen LogP contribution in [0.2, 0.25) is 0 Å². The number of halogens is 2. The second-order valence-electron chi connectivity index (χ2n) is 4.82. The second-order valence-corrected chi connectivity index (χ2v) is 6.59. The lowest BCUT2D eigenvalue weighted by molar-refractivity contribution is 0.0730. The first kappa shape index (κ1) is 16.7. The highest BCUT2D eigenvalue weighted by atomic mass is 79.9. The minimum atomic E-state index is -0.785. The summed E-state index contributed by atoms with van der Waals surface area (Å²) >= 11 is 6.67. The summed E-state index contributed by atoms with van der Waals surface area (Å²) in [6.45, 7) is 0. The van der Waals surface area contributed by atoms with Gasteiger partial charge in [0, 0.05) is 9.86 Å². The fourth-order valence-corrected chi connectivity index (χ4v) is 3.44. The Morgan fingerprint density at radius 3 is 2.38 bits per heavy atom. The van der Waals surface area contributed by atoms with E-state index in [-0.39, 0.29) is 5.56 Å². The average molecular weight is 454 g/mol. The number of benzene rings is 2. The number of hydrogen-bond acceptors (Lipinski definition) is 5. The summed E-state index contributed by atoms with van der Waals surface area (Å²) in [4.78, 5) is 24.3. The smallest absolute Gasteiger partial charge is 0.351 e. The van der Waals surface area contributed by atoms with Crippen LogP contribution in [0.5, 0.6) is 11.5 Å². The summed E-state index contributed by atoms with van der Waals surface area (Å²) < 4.78 is 16.9. The number of carbonyl (C=O) groups is 1. The van der Waals surface area contributed by atoms with Crippen LogP contribution in [0.1, 0.15) is 10.4 Å². The Hall–Kier alpha value is -2.12. The summed E-state index contributed by atoms with van der Waals surface area (Å²) in [6, 6.07) is 11.4. The van der Waals surface area contributed by atoms with E-state index in [9.17, 15) is 9.59 Å². The number of hydrogen-bond donors (Lipinski definition) is 0. The van der Waals surface area contributed by atoms with Gasteiger partial charge in [0.1, 0.15) is 17.1 Å². The molecule has 0 aliphatic carbocycles. The molecule has 2 aromatic carbocycles. The van der Waals surface area contributed by atoms with E-state index in [4.69, 9.17) is 13.9 Å². The van der Waals surface area contributed by atoms with E-state index < -0.39 is 11.6 Å². The van der Waals surface area contributed by atoms with E-state index in [1.807, 2.05) is 0 Å². The average Bonchev–Trinajstić information content (AvgIpc) is 2.55. The highest BCUT2D eigenvalue weighted by Gasteiger charge is 2.17. The largest absolute Gasteiger partial charge is 0.497 e. The van der Waals surface area contributed by atoms with Gasteiger partial charge in [-0.05, 0) is 58.4 Å². The molecule has 0 fully saturated rings. The zero-order valence-corrected chi connectivity index (χ0v) is 15.5. The van der Waals surface area contributed by atoms with Crippen molar-refractivity contribution in [1.29, 1.82) is 0 Å². The molecule has 0 aliphatic heterocycles. The predicted octanol–water partition coefficient (Wildman–Crippen LogP) is 4.55. The quantitative estimate of drug-likeness (QED) is 0.330. The van der Waals surface area contributed by atoms with E-state index in [0.717, 1.165) is 4.47 Å². The summed E-state index contributed by atoms with van der Waals surface area (Å²) in [5, 5.41) is 0.595. The Bertz CT molecular complexity index is 977. The molecule has 5 nitrogen and oxygen atoms in total. The van der Waals surface area contributed by atoms with Gasteiger partial charge < -0.3 is 13.9 Å². The lowest BCUT2D eigenvalue weighted by atomic mass is 10.2. The standard InChI is InChI=1S/C17H10Br2O5/c1-22-11-2-4-12(5-3-11)23-16(20)13-7-9-6-10(18)8-14(19)15(9)24-17(13)21/h2-8H,1H3. The Morgan fingerprint density at radius 2 is 1.71 bits per heavy atom. The Morgan fingerprint density at radius 1 is 1.04 bits per heavy atom. The lowest BCUT2D eigenvalue weighted by Crippen LogP contribution is -2.18. The number of carbonyl (C=O) groups excluding carboxylic acids is 1. The second kappa shape index (κ2) is 6.78. The molecule has 3 rings (SSSR count). The van der Waals surface area contributed by atoms with Gasteiger partial charge in [0.05, 0.1) is 11.6 Å². The van der Waals surface area contributed by atoms with Gasteiger partial charge in [0.15, 0.2) is 5.58 Å². The molecule has 0 unspecified atom stereocenters. The minimum Gasteiger partial charge on any atom is -0.497 e. The number of esters is 1. The van der Waals surface area contributed by atoms with Crippen molar-refractivity contribution in [2.45, 2.75) is 0 Å². The number of fused-ring (bicyclic) bond motifs is 1. The van der Waals surface area contributed by atoms with Crippen molar-refractivity contribution in [2.75, 3.05) is 7.11 Å². The number of ether oxygens (including phenoxy) is 2. The van der Waals surface area contributed by atoms with Gasteiger partial charge in [-0.3, -0.25) is 0 Å². The van der Waals surface area contributed by atoms with Gasteiger partial charge in [-0.15, -0.1) is 0 Å². The molecule has 1 heterocycles. The normalized spacial score (nSPS) is 10.6. The van der Waals surface area contributed by atoms with Gasteiger partial charge in [0.2, 0.25) is 0 Å². The fourth-order valence-electron chi connectivity index (χ4n) is 2.11. The zero-order valence-electron chi connectivity index (χ0n) is 12.3. The molecular formula is C17H10Br2O5. The maximum atomic E-state index is 12.3. The monoisotopic (exact) mass is 452 g/mol.